The first-order valence-corrected chi connectivity index (χ1v) is 10.5. The Morgan fingerprint density at radius 3 is 2.23 bits per heavy atom. The van der Waals surface area contributed by atoms with Crippen LogP contribution in [0.4, 0.5) is 0 Å². The third-order valence-electron chi connectivity index (χ3n) is 5.82. The largest absolute Gasteiger partial charge is 0.351 e. The van der Waals surface area contributed by atoms with Crippen molar-refractivity contribution in [1.29, 1.82) is 0 Å². The van der Waals surface area contributed by atoms with Gasteiger partial charge in [0, 0.05) is 35.8 Å². The molecule has 6 nitrogen and oxygen atoms in total. The number of hydrogen-bond acceptors (Lipinski definition) is 3. The fraction of sp³-hybridized carbons (Fsp3) is 0.375. The number of amides is 2. The Morgan fingerprint density at radius 1 is 1.03 bits per heavy atom. The number of nitrogens with one attached hydrogen (secondary N) is 1. The average Bonchev–Trinajstić information content (AvgIpc) is 2.76. The summed E-state index contributed by atoms with van der Waals surface area (Å²) in [5, 5.41) is 4.28. The molecular weight excluding hydrogens is 378 g/mol. The number of benzene rings is 2. The maximum absolute atomic E-state index is 13.2. The lowest BCUT2D eigenvalue weighted by atomic mass is 10.0. The van der Waals surface area contributed by atoms with Gasteiger partial charge in [-0.05, 0) is 37.1 Å². The van der Waals surface area contributed by atoms with Crippen molar-refractivity contribution < 1.29 is 9.59 Å². The van der Waals surface area contributed by atoms with Gasteiger partial charge in [-0.15, -0.1) is 0 Å². The lowest BCUT2D eigenvalue weighted by molar-refractivity contribution is -0.134. The molecule has 0 aliphatic carbocycles. The molecule has 1 aliphatic rings. The smallest absolute Gasteiger partial charge is 0.242 e. The minimum absolute atomic E-state index is 0.00236. The molecule has 6 heteroatoms. The highest BCUT2D eigenvalue weighted by Gasteiger charge is 2.26. The molecule has 1 atom stereocenters. The van der Waals surface area contributed by atoms with Crippen LogP contribution >= 0.6 is 0 Å². The van der Waals surface area contributed by atoms with Crippen molar-refractivity contribution in [1.82, 2.24) is 14.8 Å². The first-order chi connectivity index (χ1) is 14.5. The first-order valence-electron chi connectivity index (χ1n) is 10.5. The van der Waals surface area contributed by atoms with Gasteiger partial charge in [-0.2, -0.15) is 0 Å². The normalized spacial score (nSPS) is 16.9. The highest BCUT2D eigenvalue weighted by molar-refractivity contribution is 5.94. The Hall–Kier alpha value is -3.15. The van der Waals surface area contributed by atoms with Crippen LogP contribution in [0.2, 0.25) is 0 Å². The van der Waals surface area contributed by atoms with E-state index in [1.54, 1.807) is 0 Å². The summed E-state index contributed by atoms with van der Waals surface area (Å²) in [5.41, 5.74) is 1.51. The van der Waals surface area contributed by atoms with Crippen LogP contribution in [0.3, 0.4) is 0 Å². The Morgan fingerprint density at radius 2 is 1.63 bits per heavy atom. The molecule has 1 N–H and O–H groups in total. The summed E-state index contributed by atoms with van der Waals surface area (Å²) in [4.78, 5) is 40.0. The number of pyridine rings is 1. The van der Waals surface area contributed by atoms with Crippen molar-refractivity contribution in [3.8, 4) is 0 Å². The van der Waals surface area contributed by atoms with Gasteiger partial charge in [0.15, 0.2) is 5.43 Å². The SMILES string of the molecule is CC(C)C(=O)NC1CCCN(C(=O)Cn2c3ccccc3c(=O)c3ccccc32)C1. The predicted octanol–water partition coefficient (Wildman–Crippen LogP) is 2.92. The summed E-state index contributed by atoms with van der Waals surface area (Å²) in [6.45, 7) is 5.10. The first kappa shape index (κ1) is 20.1. The Labute approximate surface area is 175 Å². The lowest BCUT2D eigenvalue weighted by Crippen LogP contribution is -2.51. The number of para-hydroxylation sites is 2. The Balaban J connectivity index is 1.64. The fourth-order valence-corrected chi connectivity index (χ4v) is 4.17. The van der Waals surface area contributed by atoms with E-state index >= 15 is 0 Å². The topological polar surface area (TPSA) is 71.4 Å². The summed E-state index contributed by atoms with van der Waals surface area (Å²) in [5.74, 6) is -0.0564. The van der Waals surface area contributed by atoms with Crippen LogP contribution < -0.4 is 10.7 Å². The summed E-state index contributed by atoms with van der Waals surface area (Å²) in [6.07, 6.45) is 1.74. The van der Waals surface area contributed by atoms with Gasteiger partial charge in [0.05, 0.1) is 11.0 Å². The van der Waals surface area contributed by atoms with E-state index in [1.165, 1.54) is 0 Å². The number of likely N-dealkylation sites (tertiary alicyclic amines) is 1. The molecule has 0 spiro atoms. The van der Waals surface area contributed by atoms with Gasteiger partial charge in [-0.25, -0.2) is 0 Å². The fourth-order valence-electron chi connectivity index (χ4n) is 4.17. The van der Waals surface area contributed by atoms with Crippen LogP contribution in [-0.4, -0.2) is 40.4 Å². The minimum atomic E-state index is -0.0741. The zero-order chi connectivity index (χ0) is 21.3. The lowest BCUT2D eigenvalue weighted by Gasteiger charge is -2.34. The number of hydrogen-bond donors (Lipinski definition) is 1. The van der Waals surface area contributed by atoms with E-state index in [0.717, 1.165) is 23.9 Å². The number of carbonyl (C=O) groups excluding carboxylic acids is 2. The number of nitrogens with zero attached hydrogens (tertiary/aromatic N) is 2. The van der Waals surface area contributed by atoms with Crippen molar-refractivity contribution in [3.05, 3.63) is 58.8 Å². The zero-order valence-corrected chi connectivity index (χ0v) is 17.4. The van der Waals surface area contributed by atoms with Gasteiger partial charge in [0.2, 0.25) is 11.8 Å². The molecule has 1 aromatic heterocycles. The number of fused-ring (bicyclic) bond motifs is 2. The quantitative estimate of drug-likeness (QED) is 0.679. The van der Waals surface area contributed by atoms with Crippen molar-refractivity contribution in [2.24, 2.45) is 5.92 Å². The molecule has 1 saturated heterocycles. The van der Waals surface area contributed by atoms with Crippen LogP contribution in [0.15, 0.2) is 53.3 Å². The van der Waals surface area contributed by atoms with Crippen molar-refractivity contribution in [3.63, 3.8) is 0 Å². The molecule has 1 fully saturated rings. The second kappa shape index (κ2) is 8.30. The van der Waals surface area contributed by atoms with E-state index in [9.17, 15) is 14.4 Å². The van der Waals surface area contributed by atoms with Crippen LogP contribution in [0.25, 0.3) is 21.8 Å². The molecule has 0 saturated carbocycles. The Bertz CT molecular complexity index is 1110. The van der Waals surface area contributed by atoms with Crippen molar-refractivity contribution >= 4 is 33.6 Å². The molecule has 1 unspecified atom stereocenters. The van der Waals surface area contributed by atoms with E-state index in [4.69, 9.17) is 0 Å². The molecule has 30 heavy (non-hydrogen) atoms. The number of carbonyl (C=O) groups is 2. The monoisotopic (exact) mass is 405 g/mol. The molecule has 4 rings (SSSR count). The molecule has 2 amide bonds. The van der Waals surface area contributed by atoms with Crippen LogP contribution in [0.5, 0.6) is 0 Å². The Kier molecular flexibility index (Phi) is 5.57. The van der Waals surface area contributed by atoms with Gasteiger partial charge in [0.1, 0.15) is 6.54 Å². The molecule has 2 heterocycles. The third-order valence-corrected chi connectivity index (χ3v) is 5.82. The van der Waals surface area contributed by atoms with E-state index < -0.39 is 0 Å². The van der Waals surface area contributed by atoms with Crippen LogP contribution in [0.1, 0.15) is 26.7 Å². The van der Waals surface area contributed by atoms with E-state index in [2.05, 4.69) is 5.32 Å². The molecule has 3 aromatic rings. The molecule has 0 radical (unpaired) electrons. The van der Waals surface area contributed by atoms with Gasteiger partial charge in [-0.3, -0.25) is 14.4 Å². The van der Waals surface area contributed by atoms with Gasteiger partial charge < -0.3 is 14.8 Å². The van der Waals surface area contributed by atoms with Gasteiger partial charge in [-0.1, -0.05) is 38.1 Å². The van der Waals surface area contributed by atoms with Crippen molar-refractivity contribution in [2.75, 3.05) is 13.1 Å². The highest BCUT2D eigenvalue weighted by atomic mass is 16.2. The average molecular weight is 405 g/mol. The number of piperidine rings is 1. The summed E-state index contributed by atoms with van der Waals surface area (Å²) >= 11 is 0. The maximum Gasteiger partial charge on any atom is 0.242 e. The van der Waals surface area contributed by atoms with Crippen molar-refractivity contribution in [2.45, 2.75) is 39.3 Å². The molecule has 156 valence electrons. The van der Waals surface area contributed by atoms with E-state index in [1.807, 2.05) is 71.8 Å². The summed E-state index contributed by atoms with van der Waals surface area (Å²) in [6, 6.07) is 14.8. The number of rotatable bonds is 4. The summed E-state index contributed by atoms with van der Waals surface area (Å²) in [7, 11) is 0. The van der Waals surface area contributed by atoms with Crippen LogP contribution in [0, 0.1) is 5.92 Å². The van der Waals surface area contributed by atoms with Gasteiger partial charge in [0.25, 0.3) is 0 Å². The number of aromatic nitrogens is 1. The second-order valence-electron chi connectivity index (χ2n) is 8.29. The minimum Gasteiger partial charge on any atom is -0.351 e. The standard InChI is InChI=1S/C24H27N3O3/c1-16(2)24(30)25-17-8-7-13-26(14-17)22(28)15-27-20-11-5-3-9-18(20)23(29)19-10-4-6-12-21(19)27/h3-6,9-12,16-17H,7-8,13-15H2,1-2H3,(H,25,30). The maximum atomic E-state index is 13.2. The third kappa shape index (κ3) is 3.82. The molecular formula is C24H27N3O3. The van der Waals surface area contributed by atoms with Gasteiger partial charge >= 0.3 is 0 Å². The van der Waals surface area contributed by atoms with Crippen LogP contribution in [-0.2, 0) is 16.1 Å². The van der Waals surface area contributed by atoms with E-state index in [0.29, 0.717) is 23.9 Å². The molecule has 2 aromatic carbocycles. The second-order valence-corrected chi connectivity index (χ2v) is 8.29. The molecule has 1 aliphatic heterocycles. The predicted molar refractivity (Wildman–Crippen MR) is 118 cm³/mol. The summed E-state index contributed by atoms with van der Waals surface area (Å²) < 4.78 is 1.94. The van der Waals surface area contributed by atoms with E-state index in [-0.39, 0.29) is 35.7 Å². The highest BCUT2D eigenvalue weighted by Crippen LogP contribution is 2.20. The molecule has 0 bridgehead atoms. The zero-order valence-electron chi connectivity index (χ0n) is 17.4.